The first kappa shape index (κ1) is 17.7. The molecule has 20 heavy (non-hydrogen) atoms. The Morgan fingerprint density at radius 3 is 2.85 bits per heavy atom. The van der Waals surface area contributed by atoms with E-state index in [0.717, 1.165) is 25.2 Å². The molecule has 112 valence electrons. The number of benzene rings is 1. The standard InChI is InChI=1S/C14H19N3S.2ClH/c15-8-11-4-3-7-17(9-11)10-14-16-12-5-1-2-6-13(12)18-14;;/h1-2,5-6,11H,3-4,7-10,15H2;2*1H. The molecule has 2 N–H and O–H groups in total. The third kappa shape index (κ3) is 4.06. The molecule has 1 aromatic carbocycles. The molecular weight excluding hydrogens is 313 g/mol. The first-order chi connectivity index (χ1) is 8.85. The lowest BCUT2D eigenvalue weighted by molar-refractivity contribution is 0.171. The van der Waals surface area contributed by atoms with Crippen LogP contribution in [0.3, 0.4) is 0 Å². The number of hydrogen-bond acceptors (Lipinski definition) is 4. The minimum Gasteiger partial charge on any atom is -0.330 e. The molecule has 1 atom stereocenters. The number of fused-ring (bicyclic) bond motifs is 1. The predicted molar refractivity (Wildman–Crippen MR) is 91.2 cm³/mol. The van der Waals surface area contributed by atoms with E-state index in [9.17, 15) is 0 Å². The molecule has 0 radical (unpaired) electrons. The van der Waals surface area contributed by atoms with Crippen LogP contribution in [0.15, 0.2) is 24.3 Å². The molecule has 6 heteroatoms. The zero-order valence-corrected chi connectivity index (χ0v) is 13.8. The number of thiazole rings is 1. The first-order valence-electron chi connectivity index (χ1n) is 6.62. The summed E-state index contributed by atoms with van der Waals surface area (Å²) in [7, 11) is 0. The Bertz CT molecular complexity index is 499. The zero-order valence-electron chi connectivity index (χ0n) is 11.3. The van der Waals surface area contributed by atoms with Crippen molar-refractivity contribution in [2.24, 2.45) is 11.7 Å². The van der Waals surface area contributed by atoms with Crippen LogP contribution in [-0.2, 0) is 6.54 Å². The summed E-state index contributed by atoms with van der Waals surface area (Å²) in [6.07, 6.45) is 2.56. The maximum absolute atomic E-state index is 5.78. The number of likely N-dealkylation sites (tertiary alicyclic amines) is 1. The van der Waals surface area contributed by atoms with E-state index in [1.165, 1.54) is 29.1 Å². The second kappa shape index (κ2) is 8.15. The van der Waals surface area contributed by atoms with Crippen molar-refractivity contribution in [3.8, 4) is 0 Å². The summed E-state index contributed by atoms with van der Waals surface area (Å²) in [6.45, 7) is 4.12. The minimum atomic E-state index is 0. The van der Waals surface area contributed by atoms with Crippen molar-refractivity contribution in [2.75, 3.05) is 19.6 Å². The van der Waals surface area contributed by atoms with Gasteiger partial charge in [0.1, 0.15) is 5.01 Å². The maximum atomic E-state index is 5.78. The zero-order chi connectivity index (χ0) is 12.4. The third-order valence-electron chi connectivity index (χ3n) is 3.63. The predicted octanol–water partition coefficient (Wildman–Crippen LogP) is 3.31. The molecule has 1 aliphatic rings. The number of para-hydroxylation sites is 1. The molecule has 3 nitrogen and oxygen atoms in total. The highest BCUT2D eigenvalue weighted by Gasteiger charge is 2.19. The van der Waals surface area contributed by atoms with Crippen molar-refractivity contribution in [3.63, 3.8) is 0 Å². The van der Waals surface area contributed by atoms with Crippen LogP contribution in [0.4, 0.5) is 0 Å². The van der Waals surface area contributed by atoms with Gasteiger partial charge in [-0.3, -0.25) is 4.90 Å². The van der Waals surface area contributed by atoms with Crippen molar-refractivity contribution >= 4 is 46.4 Å². The second-order valence-corrected chi connectivity index (χ2v) is 6.17. The Morgan fingerprint density at radius 1 is 1.30 bits per heavy atom. The van der Waals surface area contributed by atoms with Gasteiger partial charge in [-0.1, -0.05) is 12.1 Å². The topological polar surface area (TPSA) is 42.1 Å². The number of nitrogens with two attached hydrogens (primary N) is 1. The number of halogens is 2. The van der Waals surface area contributed by atoms with Gasteiger partial charge in [-0.25, -0.2) is 4.98 Å². The van der Waals surface area contributed by atoms with Crippen molar-refractivity contribution in [1.29, 1.82) is 0 Å². The van der Waals surface area contributed by atoms with Gasteiger partial charge in [-0.2, -0.15) is 0 Å². The molecule has 0 aliphatic carbocycles. The summed E-state index contributed by atoms with van der Waals surface area (Å²) in [6, 6.07) is 8.37. The van der Waals surface area contributed by atoms with E-state index in [2.05, 4.69) is 29.2 Å². The van der Waals surface area contributed by atoms with Crippen LogP contribution in [-0.4, -0.2) is 29.5 Å². The summed E-state index contributed by atoms with van der Waals surface area (Å²) in [5.74, 6) is 0.674. The van der Waals surface area contributed by atoms with Gasteiger partial charge >= 0.3 is 0 Å². The summed E-state index contributed by atoms with van der Waals surface area (Å²) < 4.78 is 1.29. The van der Waals surface area contributed by atoms with Crippen LogP contribution in [0.1, 0.15) is 17.8 Å². The second-order valence-electron chi connectivity index (χ2n) is 5.05. The monoisotopic (exact) mass is 333 g/mol. The summed E-state index contributed by atoms with van der Waals surface area (Å²) in [5.41, 5.74) is 6.91. The van der Waals surface area contributed by atoms with Gasteiger partial charge in [0.25, 0.3) is 0 Å². The van der Waals surface area contributed by atoms with Crippen molar-refractivity contribution in [1.82, 2.24) is 9.88 Å². The molecular formula is C14H21Cl2N3S. The van der Waals surface area contributed by atoms with Gasteiger partial charge in [0.2, 0.25) is 0 Å². The lowest BCUT2D eigenvalue weighted by atomic mass is 9.98. The van der Waals surface area contributed by atoms with E-state index in [-0.39, 0.29) is 24.8 Å². The fourth-order valence-corrected chi connectivity index (χ4v) is 3.68. The lowest BCUT2D eigenvalue weighted by Crippen LogP contribution is -2.37. The molecule has 1 fully saturated rings. The van der Waals surface area contributed by atoms with Crippen LogP contribution in [0.25, 0.3) is 10.2 Å². The highest BCUT2D eigenvalue weighted by Crippen LogP contribution is 2.24. The van der Waals surface area contributed by atoms with Crippen LogP contribution in [0, 0.1) is 5.92 Å². The number of aromatic nitrogens is 1. The Hall–Kier alpha value is -0.390. The van der Waals surface area contributed by atoms with E-state index >= 15 is 0 Å². The third-order valence-corrected chi connectivity index (χ3v) is 4.65. The first-order valence-corrected chi connectivity index (χ1v) is 7.43. The minimum absolute atomic E-state index is 0. The molecule has 1 aliphatic heterocycles. The molecule has 0 amide bonds. The van der Waals surface area contributed by atoms with Gasteiger partial charge in [0.05, 0.1) is 16.8 Å². The van der Waals surface area contributed by atoms with Gasteiger partial charge in [0, 0.05) is 6.54 Å². The smallest absolute Gasteiger partial charge is 0.108 e. The molecule has 0 bridgehead atoms. The van der Waals surface area contributed by atoms with E-state index in [1.807, 2.05) is 11.3 Å². The Labute approximate surface area is 136 Å². The fraction of sp³-hybridized carbons (Fsp3) is 0.500. The van der Waals surface area contributed by atoms with Crippen molar-refractivity contribution in [2.45, 2.75) is 19.4 Å². The van der Waals surface area contributed by atoms with Crippen molar-refractivity contribution in [3.05, 3.63) is 29.3 Å². The van der Waals surface area contributed by atoms with Crippen LogP contribution in [0.5, 0.6) is 0 Å². The van der Waals surface area contributed by atoms with Crippen LogP contribution >= 0.6 is 36.2 Å². The van der Waals surface area contributed by atoms with Crippen LogP contribution in [0.2, 0.25) is 0 Å². The van der Waals surface area contributed by atoms with Gasteiger partial charge in [-0.15, -0.1) is 36.2 Å². The number of piperidine rings is 1. The Morgan fingerprint density at radius 2 is 2.10 bits per heavy atom. The Kier molecular flexibility index (Phi) is 7.20. The van der Waals surface area contributed by atoms with Crippen LogP contribution < -0.4 is 5.73 Å². The van der Waals surface area contributed by atoms with Gasteiger partial charge in [0.15, 0.2) is 0 Å². The highest BCUT2D eigenvalue weighted by molar-refractivity contribution is 7.18. The molecule has 1 saturated heterocycles. The van der Waals surface area contributed by atoms with E-state index < -0.39 is 0 Å². The maximum Gasteiger partial charge on any atom is 0.108 e. The van der Waals surface area contributed by atoms with E-state index in [0.29, 0.717) is 5.92 Å². The number of nitrogens with zero attached hydrogens (tertiary/aromatic N) is 2. The largest absolute Gasteiger partial charge is 0.330 e. The number of hydrogen-bond donors (Lipinski definition) is 1. The summed E-state index contributed by atoms with van der Waals surface area (Å²) in [4.78, 5) is 7.20. The number of rotatable bonds is 3. The molecule has 0 saturated carbocycles. The van der Waals surface area contributed by atoms with E-state index in [1.54, 1.807) is 0 Å². The average molecular weight is 334 g/mol. The molecule has 2 aromatic rings. The normalized spacial score (nSPS) is 19.4. The summed E-state index contributed by atoms with van der Waals surface area (Å²) >= 11 is 1.82. The van der Waals surface area contributed by atoms with E-state index in [4.69, 9.17) is 10.7 Å². The lowest BCUT2D eigenvalue weighted by Gasteiger charge is -2.31. The molecule has 3 rings (SSSR count). The fourth-order valence-electron chi connectivity index (χ4n) is 2.67. The quantitative estimate of drug-likeness (QED) is 0.936. The van der Waals surface area contributed by atoms with Crippen molar-refractivity contribution < 1.29 is 0 Å². The molecule has 1 unspecified atom stereocenters. The molecule has 0 spiro atoms. The SMILES string of the molecule is Cl.Cl.NCC1CCCN(Cc2nc3ccccc3s2)C1. The van der Waals surface area contributed by atoms with Gasteiger partial charge < -0.3 is 5.73 Å². The van der Waals surface area contributed by atoms with Gasteiger partial charge in [-0.05, 0) is 44.0 Å². The highest BCUT2D eigenvalue weighted by atomic mass is 35.5. The average Bonchev–Trinajstić information content (AvgIpc) is 2.81. The summed E-state index contributed by atoms with van der Waals surface area (Å²) in [5, 5.41) is 1.23. The molecule has 1 aromatic heterocycles. The Balaban J connectivity index is 0.000001000. The molecule has 2 heterocycles.